The van der Waals surface area contributed by atoms with Crippen LogP contribution < -0.4 is 35.6 Å². The first-order chi connectivity index (χ1) is 21.3. The standard InChI is InChI=1S/C32H41N5O6S/c1-20(38)35-24-9-7-21-17-28(41-2)30(42-3)31(43-4)29(21)22-8-10-25(27(39)18-23(22)24)36-26(11-16-44-5)32(40)34-12-6-14-37-15-13-33-19-37/h8,10,13,15,17-19,24,26H,6-7,9,11-12,14,16H2,1-5H3,(H,34,40)(H,35,38)(H,36,39)/t24-,26-/m1/s1. The molecule has 0 aliphatic heterocycles. The summed E-state index contributed by atoms with van der Waals surface area (Å²) in [7, 11) is 4.68. The zero-order chi connectivity index (χ0) is 31.6. The van der Waals surface area contributed by atoms with Gasteiger partial charge in [-0.15, -0.1) is 0 Å². The number of hydrogen-bond acceptors (Lipinski definition) is 9. The summed E-state index contributed by atoms with van der Waals surface area (Å²) < 4.78 is 19.1. The zero-order valence-corrected chi connectivity index (χ0v) is 26.7. The maximum Gasteiger partial charge on any atom is 0.242 e. The monoisotopic (exact) mass is 623 g/mol. The second-order valence-electron chi connectivity index (χ2n) is 10.5. The Kier molecular flexibility index (Phi) is 11.5. The van der Waals surface area contributed by atoms with E-state index in [9.17, 15) is 14.4 Å². The predicted octanol–water partition coefficient (Wildman–Crippen LogP) is 3.80. The van der Waals surface area contributed by atoms with E-state index in [0.717, 1.165) is 35.4 Å². The molecule has 44 heavy (non-hydrogen) atoms. The van der Waals surface area contributed by atoms with E-state index in [2.05, 4.69) is 20.9 Å². The Morgan fingerprint density at radius 1 is 1.14 bits per heavy atom. The summed E-state index contributed by atoms with van der Waals surface area (Å²) in [5.41, 5.74) is 3.10. The van der Waals surface area contributed by atoms with Crippen molar-refractivity contribution < 1.29 is 23.8 Å². The number of ether oxygens (including phenoxy) is 3. The highest BCUT2D eigenvalue weighted by Gasteiger charge is 2.30. The minimum atomic E-state index is -0.608. The highest BCUT2D eigenvalue weighted by molar-refractivity contribution is 7.98. The Bertz CT molecular complexity index is 1510. The lowest BCUT2D eigenvalue weighted by molar-refractivity contribution is -0.122. The van der Waals surface area contributed by atoms with Crippen LogP contribution in [0.15, 0.2) is 47.8 Å². The molecule has 0 bridgehead atoms. The van der Waals surface area contributed by atoms with Crippen LogP contribution in [0.25, 0.3) is 11.1 Å². The molecule has 236 valence electrons. The van der Waals surface area contributed by atoms with E-state index in [1.165, 1.54) is 6.92 Å². The van der Waals surface area contributed by atoms with Gasteiger partial charge in [-0.05, 0) is 72.6 Å². The zero-order valence-electron chi connectivity index (χ0n) is 25.9. The predicted molar refractivity (Wildman–Crippen MR) is 173 cm³/mol. The lowest BCUT2D eigenvalue weighted by atomic mass is 9.95. The van der Waals surface area contributed by atoms with Crippen LogP contribution in [0.1, 0.15) is 43.4 Å². The molecule has 11 nitrogen and oxygen atoms in total. The van der Waals surface area contributed by atoms with Gasteiger partial charge in [-0.25, -0.2) is 4.98 Å². The van der Waals surface area contributed by atoms with Gasteiger partial charge in [0, 0.05) is 38.0 Å². The number of fused-ring (bicyclic) bond motifs is 3. The normalized spacial score (nSPS) is 14.3. The molecule has 1 aliphatic rings. The van der Waals surface area contributed by atoms with Gasteiger partial charge < -0.3 is 34.7 Å². The maximum atomic E-state index is 13.8. The molecule has 3 aromatic rings. The van der Waals surface area contributed by atoms with Gasteiger partial charge >= 0.3 is 0 Å². The van der Waals surface area contributed by atoms with E-state index in [-0.39, 0.29) is 17.2 Å². The van der Waals surface area contributed by atoms with Crippen LogP contribution in [-0.4, -0.2) is 67.3 Å². The number of carbonyl (C=O) groups excluding carboxylic acids is 2. The third-order valence-electron chi connectivity index (χ3n) is 7.62. The summed E-state index contributed by atoms with van der Waals surface area (Å²) in [4.78, 5) is 43.3. The summed E-state index contributed by atoms with van der Waals surface area (Å²) in [5, 5.41) is 9.26. The van der Waals surface area contributed by atoms with E-state index in [1.807, 2.05) is 29.2 Å². The number of thioether (sulfide) groups is 1. The first-order valence-electron chi connectivity index (χ1n) is 14.6. The molecule has 0 fully saturated rings. The number of nitrogens with zero attached hydrogens (tertiary/aromatic N) is 2. The van der Waals surface area contributed by atoms with Crippen LogP contribution >= 0.6 is 11.8 Å². The number of rotatable bonds is 14. The van der Waals surface area contributed by atoms with E-state index in [0.29, 0.717) is 54.3 Å². The second-order valence-corrected chi connectivity index (χ2v) is 11.5. The Morgan fingerprint density at radius 2 is 1.93 bits per heavy atom. The van der Waals surface area contributed by atoms with Crippen LogP contribution in [0.5, 0.6) is 17.2 Å². The fraction of sp³-hybridized carbons (Fsp3) is 0.438. The summed E-state index contributed by atoms with van der Waals surface area (Å²) in [5.74, 6) is 1.81. The molecule has 1 heterocycles. The van der Waals surface area contributed by atoms with Crippen LogP contribution in [0.3, 0.4) is 0 Å². The maximum absolute atomic E-state index is 13.8. The van der Waals surface area contributed by atoms with Crippen molar-refractivity contribution in [3.63, 3.8) is 0 Å². The molecule has 3 N–H and O–H groups in total. The molecule has 0 unspecified atom stereocenters. The second kappa shape index (κ2) is 15.5. The fourth-order valence-corrected chi connectivity index (χ4v) is 6.01. The minimum Gasteiger partial charge on any atom is -0.493 e. The molecule has 0 radical (unpaired) electrons. The van der Waals surface area contributed by atoms with Crippen molar-refractivity contribution in [2.24, 2.45) is 0 Å². The smallest absolute Gasteiger partial charge is 0.242 e. The van der Waals surface area contributed by atoms with Gasteiger partial charge in [0.25, 0.3) is 0 Å². The number of hydrogen-bond donors (Lipinski definition) is 3. The van der Waals surface area contributed by atoms with Crippen molar-refractivity contribution in [3.8, 4) is 28.4 Å². The first-order valence-corrected chi connectivity index (χ1v) is 16.0. The van der Waals surface area contributed by atoms with Gasteiger partial charge in [0.05, 0.1) is 39.4 Å². The largest absolute Gasteiger partial charge is 0.493 e. The van der Waals surface area contributed by atoms with Crippen molar-refractivity contribution >= 4 is 29.3 Å². The van der Waals surface area contributed by atoms with Crippen LogP contribution in [-0.2, 0) is 22.6 Å². The number of methoxy groups -OCH3 is 3. The minimum absolute atomic E-state index is 0.169. The summed E-state index contributed by atoms with van der Waals surface area (Å²) in [6, 6.07) is 5.99. The number of imidazole rings is 1. The molecular formula is C32H41N5O6S. The fourth-order valence-electron chi connectivity index (χ4n) is 5.53. The molecule has 1 aromatic heterocycles. The Labute approximate surface area is 262 Å². The molecule has 2 amide bonds. The van der Waals surface area contributed by atoms with Gasteiger partial charge in [-0.2, -0.15) is 11.8 Å². The van der Waals surface area contributed by atoms with Crippen molar-refractivity contribution in [1.82, 2.24) is 20.2 Å². The quantitative estimate of drug-likeness (QED) is 0.229. The van der Waals surface area contributed by atoms with Crippen molar-refractivity contribution in [3.05, 3.63) is 64.3 Å². The molecule has 12 heteroatoms. The number of nitrogens with one attached hydrogen (secondary N) is 3. The third-order valence-corrected chi connectivity index (χ3v) is 8.27. The number of anilines is 1. The lowest BCUT2D eigenvalue weighted by Gasteiger charge is -2.19. The van der Waals surface area contributed by atoms with E-state index < -0.39 is 12.1 Å². The molecule has 1 aliphatic carbocycles. The topological polar surface area (TPSA) is 133 Å². The number of amides is 2. The number of aryl methyl sites for hydroxylation is 2. The van der Waals surface area contributed by atoms with E-state index in [4.69, 9.17) is 14.2 Å². The van der Waals surface area contributed by atoms with E-state index in [1.54, 1.807) is 57.7 Å². The molecule has 0 spiro atoms. The number of benzene rings is 1. The first kappa shape index (κ1) is 32.7. The molecule has 0 saturated heterocycles. The van der Waals surface area contributed by atoms with Crippen molar-refractivity contribution in [2.45, 2.75) is 51.2 Å². The SMILES string of the molecule is COc1cc2c(c(OC)c1OC)-c1ccc(N[C@H](CCSC)C(=O)NCCCn3ccnc3)c(=O)cc1[C@H](NC(C)=O)CC2. The molecular weight excluding hydrogens is 582 g/mol. The van der Waals surface area contributed by atoms with Gasteiger partial charge in [0.15, 0.2) is 11.5 Å². The van der Waals surface area contributed by atoms with E-state index >= 15 is 0 Å². The van der Waals surface area contributed by atoms with Crippen molar-refractivity contribution in [1.29, 1.82) is 0 Å². The van der Waals surface area contributed by atoms with Crippen LogP contribution in [0.4, 0.5) is 5.69 Å². The van der Waals surface area contributed by atoms with Crippen LogP contribution in [0, 0.1) is 0 Å². The molecule has 0 saturated carbocycles. The van der Waals surface area contributed by atoms with Gasteiger partial charge in [-0.1, -0.05) is 6.07 Å². The summed E-state index contributed by atoms with van der Waals surface area (Å²) >= 11 is 1.63. The van der Waals surface area contributed by atoms with Crippen LogP contribution in [0.2, 0.25) is 0 Å². The average molecular weight is 624 g/mol. The highest BCUT2D eigenvalue weighted by atomic mass is 32.2. The number of aromatic nitrogens is 2. The Hall–Kier alpha value is -4.19. The molecule has 4 rings (SSSR count). The van der Waals surface area contributed by atoms with Gasteiger partial charge in [0.1, 0.15) is 6.04 Å². The van der Waals surface area contributed by atoms with Gasteiger partial charge in [0.2, 0.25) is 23.0 Å². The third kappa shape index (κ3) is 7.65. The highest BCUT2D eigenvalue weighted by Crippen LogP contribution is 2.50. The number of carbonyl (C=O) groups is 2. The van der Waals surface area contributed by atoms with Crippen molar-refractivity contribution in [2.75, 3.05) is 45.2 Å². The Balaban J connectivity index is 1.72. The van der Waals surface area contributed by atoms with Gasteiger partial charge in [-0.3, -0.25) is 14.4 Å². The average Bonchev–Trinajstić information content (AvgIpc) is 3.43. The molecule has 2 aromatic carbocycles. The summed E-state index contributed by atoms with van der Waals surface area (Å²) in [6.45, 7) is 2.70. The Morgan fingerprint density at radius 3 is 2.59 bits per heavy atom. The molecule has 2 atom stereocenters. The lowest BCUT2D eigenvalue weighted by Crippen LogP contribution is -2.41. The summed E-state index contributed by atoms with van der Waals surface area (Å²) in [6.07, 6.45) is 9.78.